The number of hydrogen-bond acceptors (Lipinski definition) is 3. The van der Waals surface area contributed by atoms with Crippen molar-refractivity contribution in [2.45, 2.75) is 6.92 Å². The van der Waals surface area contributed by atoms with Crippen LogP contribution in [-0.4, -0.2) is 37.1 Å². The second-order valence-corrected chi connectivity index (χ2v) is 3.72. The molecule has 1 amide bonds. The summed E-state index contributed by atoms with van der Waals surface area (Å²) in [5.74, 6) is 1.56. The van der Waals surface area contributed by atoms with E-state index < -0.39 is 0 Å². The lowest BCUT2D eigenvalue weighted by molar-refractivity contribution is -0.129. The van der Waals surface area contributed by atoms with E-state index in [1.165, 1.54) is 0 Å². The molecule has 2 heterocycles. The van der Waals surface area contributed by atoms with Gasteiger partial charge in [-0.1, -0.05) is 0 Å². The number of nitrogens with zero attached hydrogens (tertiary/aromatic N) is 1. The highest BCUT2D eigenvalue weighted by molar-refractivity contribution is 5.91. The second-order valence-electron chi connectivity index (χ2n) is 3.72. The molecule has 1 aliphatic rings. The van der Waals surface area contributed by atoms with Crippen molar-refractivity contribution in [2.24, 2.45) is 0 Å². The highest BCUT2D eigenvalue weighted by Crippen LogP contribution is 2.08. The summed E-state index contributed by atoms with van der Waals surface area (Å²) in [6, 6.07) is 3.72. The maximum atomic E-state index is 11.7. The second kappa shape index (κ2) is 4.99. The maximum absolute atomic E-state index is 11.7. The minimum Gasteiger partial charge on any atom is -0.462 e. The fourth-order valence-electron chi connectivity index (χ4n) is 1.59. The van der Waals surface area contributed by atoms with Gasteiger partial charge in [0.2, 0.25) is 5.91 Å². The van der Waals surface area contributed by atoms with Gasteiger partial charge in [0.1, 0.15) is 11.5 Å². The molecule has 4 nitrogen and oxygen atoms in total. The van der Waals surface area contributed by atoms with Crippen LogP contribution in [0.4, 0.5) is 0 Å². The molecule has 16 heavy (non-hydrogen) atoms. The van der Waals surface area contributed by atoms with Crippen LogP contribution < -0.4 is 0 Å². The summed E-state index contributed by atoms with van der Waals surface area (Å²) in [5.41, 5.74) is 0. The van der Waals surface area contributed by atoms with Gasteiger partial charge in [-0.2, -0.15) is 0 Å². The summed E-state index contributed by atoms with van der Waals surface area (Å²) in [5, 5.41) is 0. The van der Waals surface area contributed by atoms with Gasteiger partial charge in [0.05, 0.1) is 13.2 Å². The van der Waals surface area contributed by atoms with Gasteiger partial charge in [-0.15, -0.1) is 0 Å². The normalized spacial score (nSPS) is 16.9. The lowest BCUT2D eigenvalue weighted by Crippen LogP contribution is -2.39. The summed E-state index contributed by atoms with van der Waals surface area (Å²) < 4.78 is 10.5. The van der Waals surface area contributed by atoms with E-state index in [0.29, 0.717) is 32.1 Å². The molecular weight excluding hydrogens is 206 g/mol. The quantitative estimate of drug-likeness (QED) is 0.710. The fraction of sp³-hybridized carbons (Fsp3) is 0.417. The van der Waals surface area contributed by atoms with E-state index in [9.17, 15) is 4.79 Å². The van der Waals surface area contributed by atoms with E-state index >= 15 is 0 Å². The molecule has 0 bridgehead atoms. The van der Waals surface area contributed by atoms with Gasteiger partial charge < -0.3 is 14.1 Å². The van der Waals surface area contributed by atoms with Gasteiger partial charge in [-0.3, -0.25) is 4.79 Å². The van der Waals surface area contributed by atoms with Crippen LogP contribution in [0.3, 0.4) is 0 Å². The number of aryl methyl sites for hydroxylation is 1. The lowest BCUT2D eigenvalue weighted by atomic mass is 10.3. The third kappa shape index (κ3) is 2.73. The molecule has 1 saturated heterocycles. The Labute approximate surface area is 94.5 Å². The number of hydrogen-bond donors (Lipinski definition) is 0. The fourth-order valence-corrected chi connectivity index (χ4v) is 1.59. The van der Waals surface area contributed by atoms with Crippen molar-refractivity contribution in [1.82, 2.24) is 4.90 Å². The molecule has 1 aromatic heterocycles. The van der Waals surface area contributed by atoms with Crippen molar-refractivity contribution in [2.75, 3.05) is 26.3 Å². The number of carbonyl (C=O) groups is 1. The van der Waals surface area contributed by atoms with Crippen LogP contribution in [0.25, 0.3) is 6.08 Å². The van der Waals surface area contributed by atoms with E-state index in [4.69, 9.17) is 9.15 Å². The van der Waals surface area contributed by atoms with Gasteiger partial charge >= 0.3 is 0 Å². The van der Waals surface area contributed by atoms with Crippen LogP contribution >= 0.6 is 0 Å². The number of rotatable bonds is 2. The zero-order valence-electron chi connectivity index (χ0n) is 9.31. The van der Waals surface area contributed by atoms with E-state index in [1.807, 2.05) is 19.1 Å². The first kappa shape index (κ1) is 11.0. The first-order valence-corrected chi connectivity index (χ1v) is 5.37. The summed E-state index contributed by atoms with van der Waals surface area (Å²) in [4.78, 5) is 13.5. The van der Waals surface area contributed by atoms with Crippen LogP contribution in [0.15, 0.2) is 22.6 Å². The third-order valence-electron chi connectivity index (χ3n) is 2.47. The summed E-state index contributed by atoms with van der Waals surface area (Å²) in [7, 11) is 0. The number of morpholine rings is 1. The average Bonchev–Trinajstić information content (AvgIpc) is 2.73. The minimum absolute atomic E-state index is 0.0114. The molecular formula is C12H15NO3. The Morgan fingerprint density at radius 2 is 2.12 bits per heavy atom. The zero-order valence-corrected chi connectivity index (χ0v) is 9.31. The summed E-state index contributed by atoms with van der Waals surface area (Å²) in [6.07, 6.45) is 3.24. The maximum Gasteiger partial charge on any atom is 0.246 e. The Bertz CT molecular complexity index is 389. The Morgan fingerprint density at radius 3 is 2.75 bits per heavy atom. The van der Waals surface area contributed by atoms with Crippen LogP contribution in [0.2, 0.25) is 0 Å². The number of ether oxygens (including phenoxy) is 1. The van der Waals surface area contributed by atoms with Gasteiger partial charge in [0.25, 0.3) is 0 Å². The van der Waals surface area contributed by atoms with Crippen LogP contribution in [0, 0.1) is 6.92 Å². The average molecular weight is 221 g/mol. The molecule has 0 atom stereocenters. The number of carbonyl (C=O) groups excluding carboxylic acids is 1. The van der Waals surface area contributed by atoms with Crippen molar-refractivity contribution in [3.8, 4) is 0 Å². The molecule has 0 aliphatic carbocycles. The van der Waals surface area contributed by atoms with Gasteiger partial charge in [0.15, 0.2) is 0 Å². The van der Waals surface area contributed by atoms with Crippen molar-refractivity contribution < 1.29 is 13.9 Å². The monoisotopic (exact) mass is 221 g/mol. The van der Waals surface area contributed by atoms with Crippen molar-refractivity contribution >= 4 is 12.0 Å². The molecule has 2 rings (SSSR count). The van der Waals surface area contributed by atoms with E-state index in [2.05, 4.69) is 0 Å². The molecule has 0 saturated carbocycles. The predicted molar refractivity (Wildman–Crippen MR) is 59.9 cm³/mol. The molecule has 1 aliphatic heterocycles. The van der Waals surface area contributed by atoms with E-state index in [0.717, 1.165) is 5.76 Å². The Balaban J connectivity index is 1.93. The van der Waals surface area contributed by atoms with Crippen LogP contribution in [-0.2, 0) is 9.53 Å². The van der Waals surface area contributed by atoms with Crippen molar-refractivity contribution in [3.63, 3.8) is 0 Å². The van der Waals surface area contributed by atoms with Crippen LogP contribution in [0.5, 0.6) is 0 Å². The van der Waals surface area contributed by atoms with Crippen molar-refractivity contribution in [1.29, 1.82) is 0 Å². The van der Waals surface area contributed by atoms with Crippen molar-refractivity contribution in [3.05, 3.63) is 29.7 Å². The van der Waals surface area contributed by atoms with E-state index in [1.54, 1.807) is 17.1 Å². The molecule has 4 heteroatoms. The van der Waals surface area contributed by atoms with Gasteiger partial charge in [-0.25, -0.2) is 0 Å². The predicted octanol–water partition coefficient (Wildman–Crippen LogP) is 1.46. The Kier molecular flexibility index (Phi) is 3.41. The molecule has 86 valence electrons. The van der Waals surface area contributed by atoms with Gasteiger partial charge in [0, 0.05) is 19.2 Å². The minimum atomic E-state index is 0.0114. The topological polar surface area (TPSA) is 42.7 Å². The lowest BCUT2D eigenvalue weighted by Gasteiger charge is -2.25. The summed E-state index contributed by atoms with van der Waals surface area (Å²) in [6.45, 7) is 4.46. The highest BCUT2D eigenvalue weighted by Gasteiger charge is 2.13. The SMILES string of the molecule is Cc1ccc(C=CC(=O)N2CCOCC2)o1. The molecule has 1 aromatic rings. The molecule has 0 N–H and O–H groups in total. The molecule has 0 aromatic carbocycles. The largest absolute Gasteiger partial charge is 0.462 e. The standard InChI is InChI=1S/C12H15NO3/c1-10-2-3-11(16-10)4-5-12(14)13-6-8-15-9-7-13/h2-5H,6-9H2,1H3. The Morgan fingerprint density at radius 1 is 1.38 bits per heavy atom. The summed E-state index contributed by atoms with van der Waals surface area (Å²) >= 11 is 0. The third-order valence-corrected chi connectivity index (χ3v) is 2.47. The Hall–Kier alpha value is -1.55. The highest BCUT2D eigenvalue weighted by atomic mass is 16.5. The molecule has 0 spiro atoms. The number of amides is 1. The first-order chi connectivity index (χ1) is 7.75. The van der Waals surface area contributed by atoms with Crippen LogP contribution in [0.1, 0.15) is 11.5 Å². The number of furan rings is 1. The molecule has 0 unspecified atom stereocenters. The van der Waals surface area contributed by atoms with Gasteiger partial charge in [-0.05, 0) is 25.1 Å². The smallest absolute Gasteiger partial charge is 0.246 e. The van der Waals surface area contributed by atoms with E-state index in [-0.39, 0.29) is 5.91 Å². The molecule has 1 fully saturated rings. The molecule has 0 radical (unpaired) electrons. The first-order valence-electron chi connectivity index (χ1n) is 5.37. The zero-order chi connectivity index (χ0) is 11.4.